The largest absolute Gasteiger partial charge is 0.417 e. The van der Waals surface area contributed by atoms with Crippen molar-refractivity contribution in [2.45, 2.75) is 6.18 Å². The predicted octanol–water partition coefficient (Wildman–Crippen LogP) is 2.93. The Labute approximate surface area is 79.3 Å². The van der Waals surface area contributed by atoms with Crippen molar-refractivity contribution in [3.05, 3.63) is 34.9 Å². The molecule has 0 aliphatic carbocycles. The Bertz CT molecular complexity index is 260. The predicted molar refractivity (Wildman–Crippen MR) is 46.6 cm³/mol. The zero-order valence-electron chi connectivity index (χ0n) is 6.90. The van der Waals surface area contributed by atoms with Gasteiger partial charge in [-0.05, 0) is 19.2 Å². The molecule has 0 aliphatic rings. The molecule has 0 radical (unpaired) electrons. The minimum absolute atomic E-state index is 0.264. The van der Waals surface area contributed by atoms with Gasteiger partial charge in [0.25, 0.3) is 0 Å². The lowest BCUT2D eigenvalue weighted by atomic mass is 10.2. The summed E-state index contributed by atoms with van der Waals surface area (Å²) in [5.41, 5.74) is 3.71. The standard InChI is InChI=1S/C7H4ClF3.CH5N/c8-6-4-2-1-3-5(6)7(9,10)11;1-2/h1-4H;2H2,1H3. The number of benzene rings is 1. The molecule has 74 valence electrons. The molecular formula is C8H9ClF3N. The van der Waals surface area contributed by atoms with E-state index in [0.29, 0.717) is 0 Å². The topological polar surface area (TPSA) is 26.0 Å². The van der Waals surface area contributed by atoms with Crippen LogP contribution in [-0.2, 0) is 6.18 Å². The smallest absolute Gasteiger partial charge is 0.333 e. The summed E-state index contributed by atoms with van der Waals surface area (Å²) in [6.45, 7) is 0. The molecule has 0 spiro atoms. The third-order valence-corrected chi connectivity index (χ3v) is 1.51. The summed E-state index contributed by atoms with van der Waals surface area (Å²) in [4.78, 5) is 0. The van der Waals surface area contributed by atoms with Gasteiger partial charge in [0.15, 0.2) is 0 Å². The van der Waals surface area contributed by atoms with Crippen molar-refractivity contribution in [3.8, 4) is 0 Å². The highest BCUT2D eigenvalue weighted by Gasteiger charge is 2.32. The summed E-state index contributed by atoms with van der Waals surface area (Å²) in [7, 11) is 1.50. The fourth-order valence-electron chi connectivity index (χ4n) is 0.691. The molecule has 5 heteroatoms. The van der Waals surface area contributed by atoms with Gasteiger partial charge in [0.05, 0.1) is 10.6 Å². The summed E-state index contributed by atoms with van der Waals surface area (Å²) in [6, 6.07) is 4.92. The van der Waals surface area contributed by atoms with E-state index in [9.17, 15) is 13.2 Å². The lowest BCUT2D eigenvalue weighted by molar-refractivity contribution is -0.137. The van der Waals surface area contributed by atoms with Gasteiger partial charge in [-0.1, -0.05) is 23.7 Å². The maximum absolute atomic E-state index is 12.0. The fraction of sp³-hybridized carbons (Fsp3) is 0.250. The van der Waals surface area contributed by atoms with Crippen LogP contribution < -0.4 is 5.73 Å². The summed E-state index contributed by atoms with van der Waals surface area (Å²) in [6.07, 6.45) is -4.35. The molecule has 0 unspecified atom stereocenters. The Balaban J connectivity index is 0.000000671. The number of halogens is 4. The van der Waals surface area contributed by atoms with Crippen molar-refractivity contribution in [1.29, 1.82) is 0 Å². The van der Waals surface area contributed by atoms with Crippen LogP contribution >= 0.6 is 11.6 Å². The summed E-state index contributed by atoms with van der Waals surface area (Å²) in [5, 5.41) is -0.264. The van der Waals surface area contributed by atoms with E-state index in [4.69, 9.17) is 11.6 Å². The minimum Gasteiger partial charge on any atom is -0.333 e. The molecule has 0 fully saturated rings. The van der Waals surface area contributed by atoms with Crippen LogP contribution in [0, 0.1) is 0 Å². The maximum atomic E-state index is 12.0. The second-order valence-electron chi connectivity index (χ2n) is 1.98. The highest BCUT2D eigenvalue weighted by atomic mass is 35.5. The van der Waals surface area contributed by atoms with E-state index in [1.54, 1.807) is 0 Å². The zero-order chi connectivity index (χ0) is 10.5. The average molecular weight is 212 g/mol. The maximum Gasteiger partial charge on any atom is 0.417 e. The normalized spacial score (nSPS) is 10.3. The quantitative estimate of drug-likeness (QED) is 0.702. The van der Waals surface area contributed by atoms with Gasteiger partial charge < -0.3 is 5.73 Å². The van der Waals surface area contributed by atoms with E-state index >= 15 is 0 Å². The molecule has 2 N–H and O–H groups in total. The van der Waals surface area contributed by atoms with Gasteiger partial charge in [-0.2, -0.15) is 13.2 Å². The van der Waals surface area contributed by atoms with E-state index < -0.39 is 11.7 Å². The molecular weight excluding hydrogens is 203 g/mol. The Hall–Kier alpha value is -0.740. The minimum atomic E-state index is -4.35. The Morgan fingerprint density at radius 2 is 1.62 bits per heavy atom. The highest BCUT2D eigenvalue weighted by molar-refractivity contribution is 6.31. The highest BCUT2D eigenvalue weighted by Crippen LogP contribution is 2.33. The van der Waals surface area contributed by atoms with Crippen LogP contribution in [-0.4, -0.2) is 7.05 Å². The van der Waals surface area contributed by atoms with Crippen molar-refractivity contribution in [3.63, 3.8) is 0 Å². The molecule has 13 heavy (non-hydrogen) atoms. The molecule has 0 saturated carbocycles. The summed E-state index contributed by atoms with van der Waals surface area (Å²) in [5.74, 6) is 0. The molecule has 1 aromatic rings. The van der Waals surface area contributed by atoms with E-state index in [2.05, 4.69) is 5.73 Å². The van der Waals surface area contributed by atoms with Crippen LogP contribution in [0.1, 0.15) is 5.56 Å². The van der Waals surface area contributed by atoms with E-state index in [1.165, 1.54) is 25.2 Å². The molecule has 0 atom stereocenters. The first kappa shape index (κ1) is 12.3. The molecule has 1 rings (SSSR count). The van der Waals surface area contributed by atoms with E-state index in [0.717, 1.165) is 6.07 Å². The monoisotopic (exact) mass is 211 g/mol. The number of rotatable bonds is 0. The SMILES string of the molecule is CN.FC(F)(F)c1ccccc1Cl. The Morgan fingerprint density at radius 1 is 1.15 bits per heavy atom. The van der Waals surface area contributed by atoms with E-state index in [1.807, 2.05) is 0 Å². The summed E-state index contributed by atoms with van der Waals surface area (Å²) < 4.78 is 35.9. The van der Waals surface area contributed by atoms with Crippen molar-refractivity contribution < 1.29 is 13.2 Å². The van der Waals surface area contributed by atoms with Gasteiger partial charge in [-0.25, -0.2) is 0 Å². The Kier molecular flexibility index (Phi) is 4.80. The molecule has 0 amide bonds. The van der Waals surface area contributed by atoms with Crippen molar-refractivity contribution in [1.82, 2.24) is 0 Å². The number of hydrogen-bond acceptors (Lipinski definition) is 1. The third kappa shape index (κ3) is 3.65. The first-order valence-electron chi connectivity index (χ1n) is 3.41. The molecule has 0 aliphatic heterocycles. The second kappa shape index (κ2) is 5.09. The van der Waals surface area contributed by atoms with Gasteiger partial charge >= 0.3 is 6.18 Å². The van der Waals surface area contributed by atoms with Crippen LogP contribution in [0.4, 0.5) is 13.2 Å². The third-order valence-electron chi connectivity index (χ3n) is 1.18. The van der Waals surface area contributed by atoms with Gasteiger partial charge in [-0.3, -0.25) is 0 Å². The van der Waals surface area contributed by atoms with Gasteiger partial charge in [0.1, 0.15) is 0 Å². The molecule has 0 bridgehead atoms. The second-order valence-corrected chi connectivity index (χ2v) is 2.38. The number of nitrogens with two attached hydrogens (primary N) is 1. The van der Waals surface area contributed by atoms with Crippen LogP contribution in [0.3, 0.4) is 0 Å². The first-order chi connectivity index (χ1) is 6.02. The fourth-order valence-corrected chi connectivity index (χ4v) is 0.934. The molecule has 1 nitrogen and oxygen atoms in total. The first-order valence-corrected chi connectivity index (χ1v) is 3.79. The van der Waals surface area contributed by atoms with Crippen LogP contribution in [0.5, 0.6) is 0 Å². The number of alkyl halides is 3. The summed E-state index contributed by atoms with van der Waals surface area (Å²) >= 11 is 5.29. The van der Waals surface area contributed by atoms with Gasteiger partial charge in [-0.15, -0.1) is 0 Å². The van der Waals surface area contributed by atoms with Crippen LogP contribution in [0.25, 0.3) is 0 Å². The van der Waals surface area contributed by atoms with Gasteiger partial charge in [0.2, 0.25) is 0 Å². The van der Waals surface area contributed by atoms with Crippen molar-refractivity contribution in [2.24, 2.45) is 5.73 Å². The van der Waals surface area contributed by atoms with Crippen LogP contribution in [0.15, 0.2) is 24.3 Å². The van der Waals surface area contributed by atoms with E-state index in [-0.39, 0.29) is 5.02 Å². The van der Waals surface area contributed by atoms with Crippen molar-refractivity contribution >= 4 is 11.6 Å². The molecule has 0 aromatic heterocycles. The zero-order valence-corrected chi connectivity index (χ0v) is 7.65. The lowest BCUT2D eigenvalue weighted by Gasteiger charge is -2.06. The number of hydrogen-bond donors (Lipinski definition) is 1. The Morgan fingerprint density at radius 3 is 1.92 bits per heavy atom. The molecule has 0 heterocycles. The lowest BCUT2D eigenvalue weighted by Crippen LogP contribution is -2.04. The van der Waals surface area contributed by atoms with Crippen LogP contribution in [0.2, 0.25) is 5.02 Å². The van der Waals surface area contributed by atoms with Gasteiger partial charge in [0, 0.05) is 0 Å². The average Bonchev–Trinajstić information content (AvgIpc) is 2.07. The van der Waals surface area contributed by atoms with Crippen molar-refractivity contribution in [2.75, 3.05) is 7.05 Å². The molecule has 0 saturated heterocycles. The molecule has 1 aromatic carbocycles.